The van der Waals surface area contributed by atoms with Gasteiger partial charge in [-0.25, -0.2) is 4.99 Å². The third kappa shape index (κ3) is 5.37. The highest BCUT2D eigenvalue weighted by molar-refractivity contribution is 8.15. The van der Waals surface area contributed by atoms with Gasteiger partial charge in [0.2, 0.25) is 11.8 Å². The van der Waals surface area contributed by atoms with Gasteiger partial charge in [0.05, 0.1) is 17.9 Å². The van der Waals surface area contributed by atoms with Crippen molar-refractivity contribution in [1.29, 1.82) is 0 Å². The quantitative estimate of drug-likeness (QED) is 0.516. The molecule has 34 heavy (non-hydrogen) atoms. The summed E-state index contributed by atoms with van der Waals surface area (Å²) in [5.41, 5.74) is 6.52. The molecule has 2 amide bonds. The summed E-state index contributed by atoms with van der Waals surface area (Å²) in [7, 11) is 0. The number of amidine groups is 1. The summed E-state index contributed by atoms with van der Waals surface area (Å²) in [5, 5.41) is 3.02. The highest BCUT2D eigenvalue weighted by Gasteiger charge is 2.39. The fourth-order valence-electron chi connectivity index (χ4n) is 3.84. The summed E-state index contributed by atoms with van der Waals surface area (Å²) >= 11 is 1.34. The summed E-state index contributed by atoms with van der Waals surface area (Å²) in [6.45, 7) is 8.26. The van der Waals surface area contributed by atoms with Gasteiger partial charge in [-0.3, -0.25) is 19.5 Å². The van der Waals surface area contributed by atoms with E-state index in [-0.39, 0.29) is 18.2 Å². The van der Waals surface area contributed by atoms with E-state index in [1.165, 1.54) is 11.8 Å². The number of carbonyl (C=O) groups is 2. The first-order valence-electron chi connectivity index (χ1n) is 11.2. The molecular weight excluding hydrogens is 444 g/mol. The molecule has 1 fully saturated rings. The molecule has 0 saturated carbocycles. The molecule has 0 spiro atoms. The number of thioether (sulfide) groups is 1. The van der Waals surface area contributed by atoms with Crippen molar-refractivity contribution < 1.29 is 9.59 Å². The zero-order valence-electron chi connectivity index (χ0n) is 19.8. The van der Waals surface area contributed by atoms with Gasteiger partial charge in [0.25, 0.3) is 0 Å². The molecule has 0 bridgehead atoms. The molecule has 1 aliphatic heterocycles. The van der Waals surface area contributed by atoms with Crippen molar-refractivity contribution in [3.63, 3.8) is 0 Å². The Bertz CT molecular complexity index is 1240. The van der Waals surface area contributed by atoms with Crippen molar-refractivity contribution in [3.8, 4) is 0 Å². The maximum atomic E-state index is 13.4. The SMILES string of the molecule is Cc1ccc(C)c(NC(=O)CC2SC(=Nc3c(C)cccc3C)N(Cc3ccccn3)C2=O)c1. The number of hydrogen-bond acceptors (Lipinski definition) is 5. The van der Waals surface area contributed by atoms with Crippen molar-refractivity contribution in [2.75, 3.05) is 5.32 Å². The number of nitrogens with zero attached hydrogens (tertiary/aromatic N) is 3. The van der Waals surface area contributed by atoms with E-state index in [1.807, 2.05) is 82.3 Å². The number of carbonyl (C=O) groups excluding carboxylic acids is 2. The first-order chi connectivity index (χ1) is 16.3. The van der Waals surface area contributed by atoms with Crippen molar-refractivity contribution in [2.24, 2.45) is 4.99 Å². The molecule has 174 valence electrons. The molecule has 7 heteroatoms. The Morgan fingerprint density at radius 3 is 2.50 bits per heavy atom. The van der Waals surface area contributed by atoms with Crippen LogP contribution < -0.4 is 5.32 Å². The summed E-state index contributed by atoms with van der Waals surface area (Å²) in [6, 6.07) is 17.6. The van der Waals surface area contributed by atoms with E-state index in [1.54, 1.807) is 11.1 Å². The maximum Gasteiger partial charge on any atom is 0.243 e. The molecule has 0 aliphatic carbocycles. The molecule has 1 aromatic heterocycles. The van der Waals surface area contributed by atoms with Gasteiger partial charge in [0, 0.05) is 18.3 Å². The van der Waals surface area contributed by atoms with Crippen LogP contribution in [-0.2, 0) is 16.1 Å². The zero-order chi connectivity index (χ0) is 24.2. The van der Waals surface area contributed by atoms with Gasteiger partial charge >= 0.3 is 0 Å². The molecule has 1 unspecified atom stereocenters. The number of aryl methyl sites for hydroxylation is 4. The van der Waals surface area contributed by atoms with E-state index < -0.39 is 5.25 Å². The number of benzene rings is 2. The average molecular weight is 473 g/mol. The number of anilines is 1. The zero-order valence-corrected chi connectivity index (χ0v) is 20.6. The summed E-state index contributed by atoms with van der Waals surface area (Å²) in [6.07, 6.45) is 1.78. The number of aromatic nitrogens is 1. The Labute approximate surface area is 204 Å². The van der Waals surface area contributed by atoms with Crippen LogP contribution in [0.25, 0.3) is 0 Å². The Balaban J connectivity index is 1.59. The Morgan fingerprint density at radius 1 is 1.03 bits per heavy atom. The Morgan fingerprint density at radius 2 is 1.79 bits per heavy atom. The number of aliphatic imine (C=N–C) groups is 1. The predicted octanol–water partition coefficient (Wildman–Crippen LogP) is 5.48. The van der Waals surface area contributed by atoms with Crippen LogP contribution in [0.4, 0.5) is 11.4 Å². The lowest BCUT2D eigenvalue weighted by molar-refractivity contribution is -0.128. The molecule has 2 heterocycles. The van der Waals surface area contributed by atoms with Gasteiger partial charge in [-0.2, -0.15) is 0 Å². The highest BCUT2D eigenvalue weighted by atomic mass is 32.2. The van der Waals surface area contributed by atoms with Crippen LogP contribution >= 0.6 is 11.8 Å². The van der Waals surface area contributed by atoms with E-state index in [0.29, 0.717) is 11.7 Å². The Kier molecular flexibility index (Phi) is 7.12. The molecule has 0 radical (unpaired) electrons. The first kappa shape index (κ1) is 23.7. The van der Waals surface area contributed by atoms with Crippen molar-refractivity contribution in [2.45, 2.75) is 45.9 Å². The van der Waals surface area contributed by atoms with Crippen LogP contribution in [0.1, 0.15) is 34.4 Å². The lowest BCUT2D eigenvalue weighted by Crippen LogP contribution is -2.33. The minimum absolute atomic E-state index is 0.0708. The third-order valence-electron chi connectivity index (χ3n) is 5.75. The van der Waals surface area contributed by atoms with E-state index in [9.17, 15) is 9.59 Å². The molecule has 6 nitrogen and oxygen atoms in total. The first-order valence-corrected chi connectivity index (χ1v) is 12.1. The lowest BCUT2D eigenvalue weighted by atomic mass is 10.1. The van der Waals surface area contributed by atoms with Crippen LogP contribution in [0.3, 0.4) is 0 Å². The number of amides is 2. The molecule has 3 aromatic rings. The molecule has 1 saturated heterocycles. The van der Waals surface area contributed by atoms with Gasteiger partial charge in [-0.15, -0.1) is 0 Å². The van der Waals surface area contributed by atoms with Gasteiger partial charge in [0.1, 0.15) is 5.25 Å². The molecule has 1 N–H and O–H groups in total. The number of nitrogens with one attached hydrogen (secondary N) is 1. The van der Waals surface area contributed by atoms with E-state index in [4.69, 9.17) is 4.99 Å². The lowest BCUT2D eigenvalue weighted by Gasteiger charge is -2.17. The monoisotopic (exact) mass is 472 g/mol. The number of rotatable bonds is 6. The standard InChI is InChI=1S/C27H28N4O2S/c1-17-11-12-18(2)22(14-17)29-24(32)15-23-26(33)31(16-21-10-5-6-13-28-21)27(34-23)30-25-19(3)8-7-9-20(25)4/h5-14,23H,15-16H2,1-4H3,(H,29,32). The van der Waals surface area contributed by atoms with E-state index in [2.05, 4.69) is 10.3 Å². The highest BCUT2D eigenvalue weighted by Crippen LogP contribution is 2.34. The smallest absolute Gasteiger partial charge is 0.243 e. The van der Waals surface area contributed by atoms with Gasteiger partial charge in [-0.05, 0) is 68.1 Å². The summed E-state index contributed by atoms with van der Waals surface area (Å²) < 4.78 is 0. The Hall–Kier alpha value is -3.45. The molecule has 1 atom stereocenters. The fraction of sp³-hybridized carbons (Fsp3) is 0.259. The van der Waals surface area contributed by atoms with Crippen molar-refractivity contribution in [1.82, 2.24) is 9.88 Å². The maximum absolute atomic E-state index is 13.4. The second-order valence-corrected chi connectivity index (χ2v) is 9.73. The minimum Gasteiger partial charge on any atom is -0.326 e. The van der Waals surface area contributed by atoms with Gasteiger partial charge in [-0.1, -0.05) is 48.2 Å². The van der Waals surface area contributed by atoms with Gasteiger partial charge in [0.15, 0.2) is 5.17 Å². The molecule has 4 rings (SSSR count). The number of hydrogen-bond donors (Lipinski definition) is 1. The van der Waals surface area contributed by atoms with Gasteiger partial charge < -0.3 is 5.32 Å². The predicted molar refractivity (Wildman–Crippen MR) is 138 cm³/mol. The second kappa shape index (κ2) is 10.2. The third-order valence-corrected chi connectivity index (χ3v) is 6.93. The van der Waals surface area contributed by atoms with Crippen LogP contribution in [-0.4, -0.2) is 32.1 Å². The van der Waals surface area contributed by atoms with Crippen LogP contribution in [0.2, 0.25) is 0 Å². The largest absolute Gasteiger partial charge is 0.326 e. The van der Waals surface area contributed by atoms with E-state index >= 15 is 0 Å². The molecule has 1 aliphatic rings. The fourth-order valence-corrected chi connectivity index (χ4v) is 4.99. The molecular formula is C27H28N4O2S. The number of para-hydroxylation sites is 1. The number of pyridine rings is 1. The van der Waals surface area contributed by atoms with Crippen molar-refractivity contribution >= 4 is 40.1 Å². The summed E-state index contributed by atoms with van der Waals surface area (Å²) in [4.78, 5) is 37.2. The topological polar surface area (TPSA) is 74.7 Å². The van der Waals surface area contributed by atoms with E-state index in [0.717, 1.165) is 39.3 Å². The van der Waals surface area contributed by atoms with Crippen LogP contribution in [0, 0.1) is 27.7 Å². The molecule has 2 aromatic carbocycles. The minimum atomic E-state index is -0.545. The van der Waals surface area contributed by atoms with Crippen LogP contribution in [0.15, 0.2) is 65.8 Å². The normalized spacial score (nSPS) is 16.8. The van der Waals surface area contributed by atoms with Crippen LogP contribution in [0.5, 0.6) is 0 Å². The second-order valence-electron chi connectivity index (χ2n) is 8.56. The summed E-state index contributed by atoms with van der Waals surface area (Å²) in [5.74, 6) is -0.317. The van der Waals surface area contributed by atoms with Crippen molar-refractivity contribution in [3.05, 3.63) is 88.7 Å². The average Bonchev–Trinajstić information content (AvgIpc) is 3.08.